The van der Waals surface area contributed by atoms with Crippen LogP contribution in [0.3, 0.4) is 0 Å². The number of thiophene rings is 1. The number of likely N-dealkylation sites (tertiary alicyclic amines) is 1. The van der Waals surface area contributed by atoms with Crippen LogP contribution >= 0.6 is 35.3 Å². The topological polar surface area (TPSA) is 47.9 Å². The van der Waals surface area contributed by atoms with Gasteiger partial charge in [0.1, 0.15) is 6.54 Å². The molecule has 1 fully saturated rings. The molecule has 27 heavy (non-hydrogen) atoms. The summed E-state index contributed by atoms with van der Waals surface area (Å²) in [4.78, 5) is 21.7. The van der Waals surface area contributed by atoms with Crippen molar-refractivity contribution < 1.29 is 4.79 Å². The molecular weight excluding hydrogens is 471 g/mol. The number of aliphatic imine (C=N–C) groups is 1. The van der Waals surface area contributed by atoms with Crippen LogP contribution in [0.5, 0.6) is 0 Å². The Hall–Kier alpha value is -1.61. The number of nitrogens with one attached hydrogen (secondary N) is 1. The van der Waals surface area contributed by atoms with Crippen molar-refractivity contribution in [3.63, 3.8) is 0 Å². The molecule has 1 aliphatic heterocycles. The standard InChI is InChI=1S/C20H26N4OS.HI/c1-23(2)19(25)14-22-20(21-13-18-9-6-12-26-18)24-11-10-17(15-24)16-7-4-3-5-8-16;/h3-9,12,17H,10-11,13-15H2,1-2H3,(H,21,22);1H. The lowest BCUT2D eigenvalue weighted by Gasteiger charge is -2.22. The predicted octanol–water partition coefficient (Wildman–Crippen LogP) is 3.39. The van der Waals surface area contributed by atoms with Crippen molar-refractivity contribution in [2.75, 3.05) is 33.7 Å². The molecule has 1 aromatic carbocycles. The number of hydrogen-bond acceptors (Lipinski definition) is 3. The Morgan fingerprint density at radius 3 is 2.70 bits per heavy atom. The first kappa shape index (κ1) is 21.7. The average Bonchev–Trinajstić information content (AvgIpc) is 3.34. The Morgan fingerprint density at radius 2 is 2.04 bits per heavy atom. The maximum Gasteiger partial charge on any atom is 0.243 e. The van der Waals surface area contributed by atoms with Crippen LogP contribution in [0.2, 0.25) is 0 Å². The summed E-state index contributed by atoms with van der Waals surface area (Å²) in [6.45, 7) is 2.79. The Morgan fingerprint density at radius 1 is 1.26 bits per heavy atom. The van der Waals surface area contributed by atoms with E-state index in [4.69, 9.17) is 0 Å². The Kier molecular flexibility index (Phi) is 8.56. The fourth-order valence-electron chi connectivity index (χ4n) is 3.08. The lowest BCUT2D eigenvalue weighted by molar-refractivity contribution is -0.127. The summed E-state index contributed by atoms with van der Waals surface area (Å²) >= 11 is 1.72. The summed E-state index contributed by atoms with van der Waals surface area (Å²) < 4.78 is 0. The van der Waals surface area contributed by atoms with E-state index < -0.39 is 0 Å². The summed E-state index contributed by atoms with van der Waals surface area (Å²) in [5.74, 6) is 1.35. The van der Waals surface area contributed by atoms with Crippen molar-refractivity contribution in [2.24, 2.45) is 4.99 Å². The number of carbonyl (C=O) groups excluding carboxylic acids is 1. The van der Waals surface area contributed by atoms with E-state index in [0.717, 1.165) is 32.0 Å². The molecule has 0 bridgehead atoms. The molecule has 0 spiro atoms. The van der Waals surface area contributed by atoms with Gasteiger partial charge >= 0.3 is 0 Å². The fraction of sp³-hybridized carbons (Fsp3) is 0.400. The molecule has 1 unspecified atom stereocenters. The highest BCUT2D eigenvalue weighted by atomic mass is 127. The number of nitrogens with zero attached hydrogens (tertiary/aromatic N) is 3. The van der Waals surface area contributed by atoms with Crippen LogP contribution in [0.1, 0.15) is 22.8 Å². The lowest BCUT2D eigenvalue weighted by Crippen LogP contribution is -2.40. The van der Waals surface area contributed by atoms with E-state index in [1.165, 1.54) is 10.4 Å². The van der Waals surface area contributed by atoms with Gasteiger partial charge in [0.15, 0.2) is 5.96 Å². The molecule has 1 aromatic heterocycles. The molecule has 0 saturated carbocycles. The smallest absolute Gasteiger partial charge is 0.243 e. The van der Waals surface area contributed by atoms with Gasteiger partial charge < -0.3 is 15.1 Å². The van der Waals surface area contributed by atoms with Crippen LogP contribution in [0.25, 0.3) is 0 Å². The first-order valence-corrected chi connectivity index (χ1v) is 9.82. The van der Waals surface area contributed by atoms with Crippen molar-refractivity contribution in [2.45, 2.75) is 18.9 Å². The molecule has 1 atom stereocenters. The minimum Gasteiger partial charge on any atom is -0.351 e. The summed E-state index contributed by atoms with van der Waals surface area (Å²) in [5.41, 5.74) is 1.37. The molecule has 1 amide bonds. The molecule has 3 rings (SSSR count). The third kappa shape index (κ3) is 6.21. The van der Waals surface area contributed by atoms with E-state index in [1.54, 1.807) is 30.3 Å². The van der Waals surface area contributed by atoms with Crippen LogP contribution in [0.4, 0.5) is 0 Å². The molecular formula is C20H27IN4OS. The van der Waals surface area contributed by atoms with E-state index in [1.807, 2.05) is 0 Å². The van der Waals surface area contributed by atoms with Gasteiger partial charge in [0.2, 0.25) is 5.91 Å². The first-order chi connectivity index (χ1) is 12.6. The third-order valence-corrected chi connectivity index (χ3v) is 5.50. The van der Waals surface area contributed by atoms with Crippen molar-refractivity contribution in [1.82, 2.24) is 15.1 Å². The molecule has 1 N–H and O–H groups in total. The zero-order chi connectivity index (χ0) is 18.4. The van der Waals surface area contributed by atoms with Crippen molar-refractivity contribution in [3.05, 3.63) is 58.3 Å². The first-order valence-electron chi connectivity index (χ1n) is 8.94. The number of likely N-dealkylation sites (N-methyl/N-ethyl adjacent to an activating group) is 1. The molecule has 7 heteroatoms. The second kappa shape index (κ2) is 10.7. The number of benzene rings is 1. The van der Waals surface area contributed by atoms with Gasteiger partial charge in [-0.15, -0.1) is 35.3 Å². The highest BCUT2D eigenvalue weighted by Gasteiger charge is 2.26. The zero-order valence-corrected chi connectivity index (χ0v) is 18.9. The summed E-state index contributed by atoms with van der Waals surface area (Å²) in [5, 5.41) is 5.52. The Bertz CT molecular complexity index is 734. The molecule has 2 aromatic rings. The number of amides is 1. The fourth-order valence-corrected chi connectivity index (χ4v) is 3.73. The minimum absolute atomic E-state index is 0. The highest BCUT2D eigenvalue weighted by molar-refractivity contribution is 14.0. The molecule has 1 saturated heterocycles. The zero-order valence-electron chi connectivity index (χ0n) is 15.8. The van der Waals surface area contributed by atoms with Crippen LogP contribution in [0.15, 0.2) is 52.8 Å². The van der Waals surface area contributed by atoms with Gasteiger partial charge in [-0.25, -0.2) is 4.99 Å². The molecule has 5 nitrogen and oxygen atoms in total. The van der Waals surface area contributed by atoms with Crippen LogP contribution in [0, 0.1) is 0 Å². The maximum atomic E-state index is 12.0. The predicted molar refractivity (Wildman–Crippen MR) is 123 cm³/mol. The van der Waals surface area contributed by atoms with E-state index in [-0.39, 0.29) is 36.4 Å². The number of carbonyl (C=O) groups is 1. The molecule has 1 aliphatic rings. The van der Waals surface area contributed by atoms with Gasteiger partial charge in [-0.2, -0.15) is 0 Å². The second-order valence-electron chi connectivity index (χ2n) is 6.70. The number of hydrogen-bond donors (Lipinski definition) is 1. The summed E-state index contributed by atoms with van der Waals surface area (Å²) in [6.07, 6.45) is 1.10. The lowest BCUT2D eigenvalue weighted by atomic mass is 9.99. The third-order valence-electron chi connectivity index (χ3n) is 4.62. The highest BCUT2D eigenvalue weighted by Crippen LogP contribution is 2.27. The molecule has 2 heterocycles. The number of guanidine groups is 1. The van der Waals surface area contributed by atoms with Gasteiger partial charge in [0.25, 0.3) is 0 Å². The summed E-state index contributed by atoms with van der Waals surface area (Å²) in [6, 6.07) is 14.8. The minimum atomic E-state index is 0. The number of rotatable bonds is 5. The Labute approximate surface area is 182 Å². The van der Waals surface area contributed by atoms with Gasteiger partial charge in [-0.1, -0.05) is 36.4 Å². The van der Waals surface area contributed by atoms with Crippen LogP contribution in [-0.4, -0.2) is 55.4 Å². The van der Waals surface area contributed by atoms with Crippen molar-refractivity contribution in [3.8, 4) is 0 Å². The van der Waals surface area contributed by atoms with Crippen molar-refractivity contribution >= 4 is 47.2 Å². The van der Waals surface area contributed by atoms with Gasteiger partial charge in [0.05, 0.1) is 6.54 Å². The van der Waals surface area contributed by atoms with Gasteiger partial charge in [0, 0.05) is 38.0 Å². The largest absolute Gasteiger partial charge is 0.351 e. The molecule has 0 aliphatic carbocycles. The van der Waals surface area contributed by atoms with Gasteiger partial charge in [-0.3, -0.25) is 4.79 Å². The quantitative estimate of drug-likeness (QED) is 0.391. The van der Waals surface area contributed by atoms with Crippen LogP contribution < -0.4 is 5.32 Å². The van der Waals surface area contributed by atoms with Crippen LogP contribution in [-0.2, 0) is 11.3 Å². The summed E-state index contributed by atoms with van der Waals surface area (Å²) in [7, 11) is 3.52. The SMILES string of the molecule is CN(C)C(=O)CN=C(NCc1cccs1)N1CCC(c2ccccc2)C1.I. The van der Waals surface area contributed by atoms with E-state index in [9.17, 15) is 4.79 Å². The normalized spacial score (nSPS) is 16.7. The number of halogens is 1. The van der Waals surface area contributed by atoms with Gasteiger partial charge in [-0.05, 0) is 23.4 Å². The van der Waals surface area contributed by atoms with Crippen molar-refractivity contribution in [1.29, 1.82) is 0 Å². The molecule has 0 radical (unpaired) electrons. The van der Waals surface area contributed by atoms with E-state index in [0.29, 0.717) is 5.92 Å². The monoisotopic (exact) mass is 498 g/mol. The average molecular weight is 498 g/mol. The Balaban J connectivity index is 0.00000261. The second-order valence-corrected chi connectivity index (χ2v) is 7.74. The van der Waals surface area contributed by atoms with E-state index >= 15 is 0 Å². The molecule has 146 valence electrons. The van der Waals surface area contributed by atoms with E-state index in [2.05, 4.69) is 63.1 Å². The maximum absolute atomic E-state index is 12.0.